The number of ether oxygens (including phenoxy) is 3. The van der Waals surface area contributed by atoms with Gasteiger partial charge >= 0.3 is 5.97 Å². The summed E-state index contributed by atoms with van der Waals surface area (Å²) in [4.78, 5) is 11.5. The van der Waals surface area contributed by atoms with Crippen LogP contribution in [0, 0.1) is 0 Å². The molecule has 2 atom stereocenters. The van der Waals surface area contributed by atoms with Crippen molar-refractivity contribution < 1.29 is 19.0 Å². The second kappa shape index (κ2) is 10.6. The predicted molar refractivity (Wildman–Crippen MR) is 102 cm³/mol. The minimum atomic E-state index is -0.518. The van der Waals surface area contributed by atoms with Gasteiger partial charge in [-0.25, -0.2) is 4.79 Å². The molecule has 0 aliphatic rings. The fourth-order valence-electron chi connectivity index (χ4n) is 2.55. The Hall–Kier alpha value is -2.33. The first kappa shape index (κ1) is 20.0. The van der Waals surface area contributed by atoms with Gasteiger partial charge in [0.1, 0.15) is 12.4 Å². The highest BCUT2D eigenvalue weighted by atomic mass is 16.6. The van der Waals surface area contributed by atoms with Gasteiger partial charge < -0.3 is 14.2 Å². The zero-order chi connectivity index (χ0) is 18.8. The molecule has 140 valence electrons. The van der Waals surface area contributed by atoms with Crippen molar-refractivity contribution in [2.75, 3.05) is 13.2 Å². The van der Waals surface area contributed by atoms with E-state index < -0.39 is 6.10 Å². The highest BCUT2D eigenvalue weighted by Crippen LogP contribution is 2.22. The van der Waals surface area contributed by atoms with E-state index >= 15 is 0 Å². The molecule has 2 aromatic carbocycles. The molecule has 0 fully saturated rings. The van der Waals surface area contributed by atoms with Crippen molar-refractivity contribution in [1.82, 2.24) is 0 Å². The van der Waals surface area contributed by atoms with Crippen molar-refractivity contribution in [2.45, 2.75) is 45.8 Å². The summed E-state index contributed by atoms with van der Waals surface area (Å²) in [6, 6.07) is 18.3. The molecule has 0 bridgehead atoms. The number of carbonyl (C=O) groups excluding carboxylic acids is 1. The zero-order valence-corrected chi connectivity index (χ0v) is 15.8. The van der Waals surface area contributed by atoms with Crippen LogP contribution in [-0.4, -0.2) is 25.3 Å². The van der Waals surface area contributed by atoms with E-state index in [0.29, 0.717) is 25.7 Å². The molecule has 0 N–H and O–H groups in total. The second-order valence-electron chi connectivity index (χ2n) is 6.30. The maximum Gasteiger partial charge on any atom is 0.334 e. The van der Waals surface area contributed by atoms with Crippen LogP contribution in [0.5, 0.6) is 5.75 Å². The Morgan fingerprint density at radius 2 is 1.69 bits per heavy atom. The molecular formula is C22H28O4. The summed E-state index contributed by atoms with van der Waals surface area (Å²) in [5.74, 6) is 0.893. The Kier molecular flexibility index (Phi) is 8.16. The van der Waals surface area contributed by atoms with E-state index in [1.165, 1.54) is 5.56 Å². The van der Waals surface area contributed by atoms with Gasteiger partial charge in [-0.05, 0) is 49.4 Å². The Bertz CT molecular complexity index is 652. The molecule has 0 spiro atoms. The molecule has 0 aromatic heterocycles. The van der Waals surface area contributed by atoms with Crippen LogP contribution >= 0.6 is 0 Å². The van der Waals surface area contributed by atoms with Gasteiger partial charge in [0, 0.05) is 6.61 Å². The van der Waals surface area contributed by atoms with E-state index in [-0.39, 0.29) is 5.97 Å². The standard InChI is InChI=1S/C22H28O4/c1-4-24-22(23)18(3)25-15-14-17(2)20-10-12-21(13-11-20)26-16-19-8-6-5-7-9-19/h5-13,17-18H,4,14-16H2,1-3H3. The molecule has 26 heavy (non-hydrogen) atoms. The van der Waals surface area contributed by atoms with Crippen LogP contribution in [0.1, 0.15) is 44.2 Å². The summed E-state index contributed by atoms with van der Waals surface area (Å²) in [6.45, 7) is 7.13. The third kappa shape index (κ3) is 6.52. The molecule has 0 saturated heterocycles. The summed E-state index contributed by atoms with van der Waals surface area (Å²) in [7, 11) is 0. The number of rotatable bonds is 10. The summed E-state index contributed by atoms with van der Waals surface area (Å²) < 4.78 is 16.3. The largest absolute Gasteiger partial charge is 0.489 e. The topological polar surface area (TPSA) is 44.8 Å². The van der Waals surface area contributed by atoms with Crippen molar-refractivity contribution in [2.24, 2.45) is 0 Å². The molecule has 0 radical (unpaired) electrons. The Balaban J connectivity index is 1.75. The van der Waals surface area contributed by atoms with Crippen LogP contribution in [0.15, 0.2) is 54.6 Å². The number of carbonyl (C=O) groups is 1. The van der Waals surface area contributed by atoms with Crippen molar-refractivity contribution >= 4 is 5.97 Å². The van der Waals surface area contributed by atoms with Crippen molar-refractivity contribution in [1.29, 1.82) is 0 Å². The van der Waals surface area contributed by atoms with Gasteiger partial charge in [0.05, 0.1) is 6.61 Å². The van der Waals surface area contributed by atoms with Crippen LogP contribution in [0.25, 0.3) is 0 Å². The number of hydrogen-bond donors (Lipinski definition) is 0. The smallest absolute Gasteiger partial charge is 0.334 e. The number of hydrogen-bond acceptors (Lipinski definition) is 4. The number of esters is 1. The minimum absolute atomic E-state index is 0.305. The zero-order valence-electron chi connectivity index (χ0n) is 15.8. The molecule has 0 amide bonds. The third-order valence-corrected chi connectivity index (χ3v) is 4.23. The van der Waals surface area contributed by atoms with Gasteiger partial charge in [0.2, 0.25) is 0 Å². The van der Waals surface area contributed by atoms with Gasteiger partial charge in [-0.3, -0.25) is 0 Å². The first-order valence-electron chi connectivity index (χ1n) is 9.15. The normalized spacial score (nSPS) is 13.0. The van der Waals surface area contributed by atoms with E-state index in [4.69, 9.17) is 14.2 Å². The van der Waals surface area contributed by atoms with E-state index in [1.54, 1.807) is 13.8 Å². The van der Waals surface area contributed by atoms with Crippen LogP contribution < -0.4 is 4.74 Å². The highest BCUT2D eigenvalue weighted by molar-refractivity contribution is 5.74. The monoisotopic (exact) mass is 356 g/mol. The lowest BCUT2D eigenvalue weighted by atomic mass is 9.98. The van der Waals surface area contributed by atoms with Crippen LogP contribution in [0.3, 0.4) is 0 Å². The summed E-state index contributed by atoms with van der Waals surface area (Å²) in [5, 5.41) is 0. The molecule has 0 heterocycles. The second-order valence-corrected chi connectivity index (χ2v) is 6.30. The Morgan fingerprint density at radius 3 is 2.35 bits per heavy atom. The van der Waals surface area contributed by atoms with Crippen LogP contribution in [0.4, 0.5) is 0 Å². The van der Waals surface area contributed by atoms with Gasteiger partial charge in [0.25, 0.3) is 0 Å². The SMILES string of the molecule is CCOC(=O)C(C)OCCC(C)c1ccc(OCc2ccccc2)cc1. The molecule has 2 rings (SSSR count). The molecule has 4 heteroatoms. The third-order valence-electron chi connectivity index (χ3n) is 4.23. The van der Waals surface area contributed by atoms with Gasteiger partial charge in [0.15, 0.2) is 6.10 Å². The quantitative estimate of drug-likeness (QED) is 0.578. The van der Waals surface area contributed by atoms with Gasteiger partial charge in [-0.2, -0.15) is 0 Å². The predicted octanol–water partition coefficient (Wildman–Crippen LogP) is 4.73. The van der Waals surface area contributed by atoms with Crippen LogP contribution in [-0.2, 0) is 20.9 Å². The molecule has 0 aliphatic heterocycles. The summed E-state index contributed by atoms with van der Waals surface area (Å²) >= 11 is 0. The minimum Gasteiger partial charge on any atom is -0.489 e. The maximum atomic E-state index is 11.5. The average Bonchev–Trinajstić information content (AvgIpc) is 2.67. The summed E-state index contributed by atoms with van der Waals surface area (Å²) in [5.41, 5.74) is 2.38. The van der Waals surface area contributed by atoms with E-state index in [9.17, 15) is 4.79 Å². The first-order chi connectivity index (χ1) is 12.6. The molecule has 0 aliphatic carbocycles. The lowest BCUT2D eigenvalue weighted by Gasteiger charge is -2.15. The summed E-state index contributed by atoms with van der Waals surface area (Å²) in [6.07, 6.45) is 0.324. The fraction of sp³-hybridized carbons (Fsp3) is 0.409. The maximum absolute atomic E-state index is 11.5. The van der Waals surface area contributed by atoms with E-state index in [1.807, 2.05) is 42.5 Å². The fourth-order valence-corrected chi connectivity index (χ4v) is 2.55. The van der Waals surface area contributed by atoms with Crippen molar-refractivity contribution in [3.63, 3.8) is 0 Å². The van der Waals surface area contributed by atoms with Crippen LogP contribution in [0.2, 0.25) is 0 Å². The molecule has 2 aromatic rings. The van der Waals surface area contributed by atoms with E-state index in [2.05, 4.69) is 19.1 Å². The number of benzene rings is 2. The average molecular weight is 356 g/mol. The first-order valence-corrected chi connectivity index (χ1v) is 9.15. The van der Waals surface area contributed by atoms with Crippen molar-refractivity contribution in [3.8, 4) is 5.75 Å². The lowest BCUT2D eigenvalue weighted by molar-refractivity contribution is -0.155. The lowest BCUT2D eigenvalue weighted by Crippen LogP contribution is -2.24. The van der Waals surface area contributed by atoms with Gasteiger partial charge in [-0.15, -0.1) is 0 Å². The molecular weight excluding hydrogens is 328 g/mol. The van der Waals surface area contributed by atoms with Gasteiger partial charge in [-0.1, -0.05) is 49.4 Å². The molecule has 2 unspecified atom stereocenters. The van der Waals surface area contributed by atoms with Crippen molar-refractivity contribution in [3.05, 3.63) is 65.7 Å². The Labute approximate surface area is 156 Å². The molecule has 4 nitrogen and oxygen atoms in total. The van der Waals surface area contributed by atoms with E-state index in [0.717, 1.165) is 17.7 Å². The highest BCUT2D eigenvalue weighted by Gasteiger charge is 2.15. The Morgan fingerprint density at radius 1 is 1.00 bits per heavy atom. The molecule has 0 saturated carbocycles.